The Labute approximate surface area is 112 Å². The average molecular weight is 287 g/mol. The molecule has 0 aliphatic carbocycles. The molecule has 4 N–H and O–H groups in total. The van der Waals surface area contributed by atoms with E-state index < -0.39 is 15.9 Å². The largest absolute Gasteiger partial charge is 0.496 e. The highest BCUT2D eigenvalue weighted by Gasteiger charge is 2.22. The lowest BCUT2D eigenvalue weighted by Crippen LogP contribution is -2.32. The fourth-order valence-corrected chi connectivity index (χ4v) is 2.73. The minimum Gasteiger partial charge on any atom is -0.496 e. The summed E-state index contributed by atoms with van der Waals surface area (Å²) in [6.07, 6.45) is 0. The summed E-state index contributed by atoms with van der Waals surface area (Å²) in [5.74, 6) is -0.525. The lowest BCUT2D eigenvalue weighted by atomic mass is 10.2. The lowest BCUT2D eigenvalue weighted by molar-refractivity contribution is 0.0997. The molecule has 0 atom stereocenters. The number of methoxy groups -OCH3 is 1. The van der Waals surface area contributed by atoms with E-state index in [-0.39, 0.29) is 29.3 Å². The zero-order valence-corrected chi connectivity index (χ0v) is 11.6. The summed E-state index contributed by atoms with van der Waals surface area (Å²) in [6, 6.07) is 3.94. The molecular formula is C11H17N3O4S. The second-order valence-electron chi connectivity index (χ2n) is 3.84. The van der Waals surface area contributed by atoms with E-state index in [0.717, 1.165) is 4.31 Å². The number of ether oxygens (including phenoxy) is 1. The molecule has 0 heterocycles. The molecule has 0 fully saturated rings. The van der Waals surface area contributed by atoms with Crippen LogP contribution in [0.4, 0.5) is 0 Å². The standard InChI is InChI=1S/C11H17N3O4S/c1-14(6-5-12)19(16,17)8-3-4-10(18-2)9(7-8)11(13)15/h3-4,7H,5-6,12H2,1-2H3,(H2,13,15). The first-order valence-electron chi connectivity index (χ1n) is 5.48. The molecule has 0 bridgehead atoms. The minimum absolute atomic E-state index is 0.0183. The Morgan fingerprint density at radius 2 is 2.05 bits per heavy atom. The van der Waals surface area contributed by atoms with Gasteiger partial charge < -0.3 is 16.2 Å². The van der Waals surface area contributed by atoms with Crippen molar-refractivity contribution < 1.29 is 17.9 Å². The summed E-state index contributed by atoms with van der Waals surface area (Å²) in [4.78, 5) is 11.2. The summed E-state index contributed by atoms with van der Waals surface area (Å²) >= 11 is 0. The van der Waals surface area contributed by atoms with Crippen molar-refractivity contribution in [2.45, 2.75) is 4.90 Å². The fourth-order valence-electron chi connectivity index (χ4n) is 1.52. The number of rotatable bonds is 6. The van der Waals surface area contributed by atoms with Gasteiger partial charge in [-0.2, -0.15) is 4.31 Å². The molecule has 0 saturated heterocycles. The van der Waals surface area contributed by atoms with Crippen LogP contribution in [0.2, 0.25) is 0 Å². The topological polar surface area (TPSA) is 116 Å². The molecule has 0 aliphatic heterocycles. The van der Waals surface area contributed by atoms with Gasteiger partial charge in [-0.25, -0.2) is 8.42 Å². The van der Waals surface area contributed by atoms with Crippen LogP contribution in [0.1, 0.15) is 10.4 Å². The van der Waals surface area contributed by atoms with Gasteiger partial charge in [0.15, 0.2) is 0 Å². The number of hydrogen-bond acceptors (Lipinski definition) is 5. The Morgan fingerprint density at radius 1 is 1.42 bits per heavy atom. The molecule has 0 spiro atoms. The molecule has 0 radical (unpaired) electrons. The van der Waals surface area contributed by atoms with Crippen molar-refractivity contribution in [1.29, 1.82) is 0 Å². The highest BCUT2D eigenvalue weighted by atomic mass is 32.2. The maximum atomic E-state index is 12.2. The number of carbonyl (C=O) groups is 1. The van der Waals surface area contributed by atoms with E-state index >= 15 is 0 Å². The number of amides is 1. The van der Waals surface area contributed by atoms with E-state index in [1.807, 2.05) is 0 Å². The average Bonchev–Trinajstić information content (AvgIpc) is 2.38. The van der Waals surface area contributed by atoms with E-state index in [2.05, 4.69) is 0 Å². The quantitative estimate of drug-likeness (QED) is 0.723. The number of primary amides is 1. The minimum atomic E-state index is -3.69. The number of nitrogens with zero attached hydrogens (tertiary/aromatic N) is 1. The number of benzene rings is 1. The first-order valence-corrected chi connectivity index (χ1v) is 6.92. The Morgan fingerprint density at radius 3 is 2.53 bits per heavy atom. The van der Waals surface area contributed by atoms with E-state index in [9.17, 15) is 13.2 Å². The normalized spacial score (nSPS) is 11.6. The van der Waals surface area contributed by atoms with Crippen LogP contribution in [0.25, 0.3) is 0 Å². The van der Waals surface area contributed by atoms with Crippen molar-refractivity contribution in [2.24, 2.45) is 11.5 Å². The van der Waals surface area contributed by atoms with Crippen LogP contribution < -0.4 is 16.2 Å². The van der Waals surface area contributed by atoms with Gasteiger partial charge in [-0.1, -0.05) is 0 Å². The van der Waals surface area contributed by atoms with Crippen LogP contribution in [0.5, 0.6) is 5.75 Å². The van der Waals surface area contributed by atoms with E-state index in [1.165, 1.54) is 32.4 Å². The first-order chi connectivity index (χ1) is 8.84. The lowest BCUT2D eigenvalue weighted by Gasteiger charge is -2.17. The molecule has 0 aliphatic rings. The Hall–Kier alpha value is -1.64. The van der Waals surface area contributed by atoms with E-state index in [1.54, 1.807) is 0 Å². The molecule has 8 heteroatoms. The van der Waals surface area contributed by atoms with Crippen molar-refractivity contribution >= 4 is 15.9 Å². The van der Waals surface area contributed by atoms with Crippen molar-refractivity contribution in [3.8, 4) is 5.75 Å². The fraction of sp³-hybridized carbons (Fsp3) is 0.364. The Kier molecular flexibility index (Phi) is 4.87. The van der Waals surface area contributed by atoms with Gasteiger partial charge in [0, 0.05) is 20.1 Å². The van der Waals surface area contributed by atoms with Crippen LogP contribution >= 0.6 is 0 Å². The number of hydrogen-bond donors (Lipinski definition) is 2. The third-order valence-corrected chi connectivity index (χ3v) is 4.44. The molecular weight excluding hydrogens is 270 g/mol. The van der Waals surface area contributed by atoms with Gasteiger partial charge in [0.05, 0.1) is 17.6 Å². The highest BCUT2D eigenvalue weighted by Crippen LogP contribution is 2.23. The van der Waals surface area contributed by atoms with Gasteiger partial charge in [0.2, 0.25) is 10.0 Å². The van der Waals surface area contributed by atoms with Crippen molar-refractivity contribution in [3.05, 3.63) is 23.8 Å². The van der Waals surface area contributed by atoms with Crippen LogP contribution in [-0.2, 0) is 10.0 Å². The molecule has 0 saturated carbocycles. The smallest absolute Gasteiger partial charge is 0.252 e. The molecule has 1 aromatic rings. The van der Waals surface area contributed by atoms with Gasteiger partial charge in [0.25, 0.3) is 5.91 Å². The number of nitrogens with two attached hydrogens (primary N) is 2. The van der Waals surface area contributed by atoms with Gasteiger partial charge in [0.1, 0.15) is 5.75 Å². The van der Waals surface area contributed by atoms with Crippen molar-refractivity contribution in [2.75, 3.05) is 27.2 Å². The maximum Gasteiger partial charge on any atom is 0.252 e. The predicted octanol–water partition coefficient (Wildman–Crippen LogP) is -0.627. The summed E-state index contributed by atoms with van der Waals surface area (Å²) < 4.78 is 30.4. The zero-order valence-electron chi connectivity index (χ0n) is 10.8. The second-order valence-corrected chi connectivity index (χ2v) is 5.89. The van der Waals surface area contributed by atoms with Crippen LogP contribution in [0.3, 0.4) is 0 Å². The second kappa shape index (κ2) is 6.00. The van der Waals surface area contributed by atoms with Crippen LogP contribution in [-0.4, -0.2) is 45.9 Å². The Bertz CT molecular complexity index is 571. The third-order valence-electron chi connectivity index (χ3n) is 2.59. The molecule has 0 unspecified atom stereocenters. The molecule has 1 amide bonds. The predicted molar refractivity (Wildman–Crippen MR) is 70.4 cm³/mol. The zero-order chi connectivity index (χ0) is 14.6. The van der Waals surface area contributed by atoms with Crippen LogP contribution in [0, 0.1) is 0 Å². The summed E-state index contributed by atoms with van der Waals surface area (Å²) in [6.45, 7) is 0.384. The Balaban J connectivity index is 3.29. The summed E-state index contributed by atoms with van der Waals surface area (Å²) in [5, 5.41) is 0. The molecule has 106 valence electrons. The van der Waals surface area contributed by atoms with Gasteiger partial charge in [-0.3, -0.25) is 4.79 Å². The maximum absolute atomic E-state index is 12.2. The summed E-state index contributed by atoms with van der Waals surface area (Å²) in [7, 11) is -0.908. The number of sulfonamides is 1. The molecule has 1 rings (SSSR count). The van der Waals surface area contributed by atoms with E-state index in [4.69, 9.17) is 16.2 Å². The van der Waals surface area contributed by atoms with E-state index in [0.29, 0.717) is 0 Å². The first kappa shape index (κ1) is 15.4. The van der Waals surface area contributed by atoms with Gasteiger partial charge >= 0.3 is 0 Å². The third kappa shape index (κ3) is 3.22. The van der Waals surface area contributed by atoms with Crippen LogP contribution in [0.15, 0.2) is 23.1 Å². The van der Waals surface area contributed by atoms with Gasteiger partial charge in [-0.05, 0) is 18.2 Å². The molecule has 1 aromatic carbocycles. The van der Waals surface area contributed by atoms with Crippen molar-refractivity contribution in [1.82, 2.24) is 4.31 Å². The highest BCUT2D eigenvalue weighted by molar-refractivity contribution is 7.89. The summed E-state index contributed by atoms with van der Waals surface area (Å²) in [5.41, 5.74) is 10.5. The molecule has 0 aromatic heterocycles. The SMILES string of the molecule is COc1ccc(S(=O)(=O)N(C)CCN)cc1C(N)=O. The molecule has 7 nitrogen and oxygen atoms in total. The monoisotopic (exact) mass is 287 g/mol. The van der Waals surface area contributed by atoms with Gasteiger partial charge in [-0.15, -0.1) is 0 Å². The van der Waals surface area contributed by atoms with Crippen molar-refractivity contribution in [3.63, 3.8) is 0 Å². The number of likely N-dealkylation sites (N-methyl/N-ethyl adjacent to an activating group) is 1. The molecule has 19 heavy (non-hydrogen) atoms. The number of carbonyl (C=O) groups excluding carboxylic acids is 1.